The summed E-state index contributed by atoms with van der Waals surface area (Å²) in [7, 11) is 0. The lowest BCUT2D eigenvalue weighted by atomic mass is 10.2. The summed E-state index contributed by atoms with van der Waals surface area (Å²) in [4.78, 5) is 20.4. The van der Waals surface area contributed by atoms with Crippen LogP contribution >= 0.6 is 11.3 Å². The number of benzene rings is 1. The van der Waals surface area contributed by atoms with E-state index in [4.69, 9.17) is 0 Å². The summed E-state index contributed by atoms with van der Waals surface area (Å²) in [5.74, 6) is -0.0993. The highest BCUT2D eigenvalue weighted by atomic mass is 32.1. The molecule has 0 aliphatic heterocycles. The zero-order valence-corrected chi connectivity index (χ0v) is 10.9. The van der Waals surface area contributed by atoms with Crippen molar-refractivity contribution in [2.45, 2.75) is 6.42 Å². The Kier molecular flexibility index (Phi) is 3.20. The van der Waals surface area contributed by atoms with Crippen molar-refractivity contribution in [3.63, 3.8) is 0 Å². The number of amides is 1. The Bertz CT molecular complexity index is 676. The van der Waals surface area contributed by atoms with Gasteiger partial charge >= 0.3 is 0 Å². The summed E-state index contributed by atoms with van der Waals surface area (Å²) in [6.45, 7) is 0. The summed E-state index contributed by atoms with van der Waals surface area (Å²) >= 11 is 1.47. The van der Waals surface area contributed by atoms with Gasteiger partial charge in [-0.15, -0.1) is 0 Å². The summed E-state index contributed by atoms with van der Waals surface area (Å²) in [5.41, 5.74) is 1.65. The number of anilines is 1. The molecular formula is C14H11N3OS. The predicted molar refractivity (Wildman–Crippen MR) is 76.2 cm³/mol. The van der Waals surface area contributed by atoms with Gasteiger partial charge in [-0.1, -0.05) is 29.5 Å². The van der Waals surface area contributed by atoms with E-state index in [1.54, 1.807) is 6.20 Å². The summed E-state index contributed by atoms with van der Waals surface area (Å²) in [5, 5.41) is 3.44. The van der Waals surface area contributed by atoms with Crippen molar-refractivity contribution >= 4 is 32.6 Å². The van der Waals surface area contributed by atoms with Gasteiger partial charge in [-0.3, -0.25) is 9.78 Å². The summed E-state index contributed by atoms with van der Waals surface area (Å²) < 4.78 is 1.07. The summed E-state index contributed by atoms with van der Waals surface area (Å²) in [6, 6.07) is 13.3. The van der Waals surface area contributed by atoms with E-state index in [2.05, 4.69) is 15.3 Å². The lowest BCUT2D eigenvalue weighted by molar-refractivity contribution is -0.115. The van der Waals surface area contributed by atoms with Crippen LogP contribution < -0.4 is 5.32 Å². The Labute approximate surface area is 114 Å². The number of carbonyl (C=O) groups is 1. The van der Waals surface area contributed by atoms with Gasteiger partial charge in [-0.25, -0.2) is 4.98 Å². The number of hydrogen-bond acceptors (Lipinski definition) is 4. The normalized spacial score (nSPS) is 10.5. The average Bonchev–Trinajstić information content (AvgIpc) is 2.81. The Hall–Kier alpha value is -2.27. The van der Waals surface area contributed by atoms with Crippen LogP contribution in [0.2, 0.25) is 0 Å². The first-order valence-corrected chi connectivity index (χ1v) is 6.68. The smallest absolute Gasteiger partial charge is 0.232 e. The molecule has 1 N–H and O–H groups in total. The number of thiazole rings is 1. The van der Waals surface area contributed by atoms with Gasteiger partial charge in [0.05, 0.1) is 16.6 Å². The molecule has 2 aromatic heterocycles. The second-order valence-electron chi connectivity index (χ2n) is 4.03. The van der Waals surface area contributed by atoms with E-state index in [-0.39, 0.29) is 12.3 Å². The van der Waals surface area contributed by atoms with Crippen LogP contribution in [0.5, 0.6) is 0 Å². The first-order chi connectivity index (χ1) is 9.31. The number of aromatic nitrogens is 2. The Morgan fingerprint density at radius 3 is 2.79 bits per heavy atom. The fourth-order valence-corrected chi connectivity index (χ4v) is 2.64. The van der Waals surface area contributed by atoms with Crippen molar-refractivity contribution in [1.82, 2.24) is 9.97 Å². The van der Waals surface area contributed by atoms with Crippen molar-refractivity contribution in [2.75, 3.05) is 5.32 Å². The molecule has 0 radical (unpaired) electrons. The van der Waals surface area contributed by atoms with Gasteiger partial charge in [0.2, 0.25) is 5.91 Å². The zero-order valence-electron chi connectivity index (χ0n) is 10.0. The molecule has 4 nitrogen and oxygen atoms in total. The molecular weight excluding hydrogens is 258 g/mol. The molecule has 0 unspecified atom stereocenters. The van der Waals surface area contributed by atoms with Crippen molar-refractivity contribution in [2.24, 2.45) is 0 Å². The highest BCUT2D eigenvalue weighted by Crippen LogP contribution is 2.25. The fourth-order valence-electron chi connectivity index (χ4n) is 1.76. The Balaban J connectivity index is 1.72. The maximum Gasteiger partial charge on any atom is 0.232 e. The number of para-hydroxylation sites is 1. The van der Waals surface area contributed by atoms with Crippen LogP contribution in [-0.4, -0.2) is 15.9 Å². The number of carbonyl (C=O) groups excluding carboxylic acids is 1. The van der Waals surface area contributed by atoms with Gasteiger partial charge in [-0.05, 0) is 24.3 Å². The van der Waals surface area contributed by atoms with E-state index >= 15 is 0 Å². The molecule has 0 saturated heterocycles. The largest absolute Gasteiger partial charge is 0.302 e. The topological polar surface area (TPSA) is 54.9 Å². The van der Waals surface area contributed by atoms with Crippen LogP contribution in [0.4, 0.5) is 5.13 Å². The number of rotatable bonds is 3. The number of nitrogens with one attached hydrogen (secondary N) is 1. The molecule has 0 fully saturated rings. The molecule has 5 heteroatoms. The fraction of sp³-hybridized carbons (Fsp3) is 0.0714. The van der Waals surface area contributed by atoms with E-state index < -0.39 is 0 Å². The third kappa shape index (κ3) is 2.77. The Morgan fingerprint density at radius 2 is 2.00 bits per heavy atom. The molecule has 0 spiro atoms. The molecule has 1 aromatic carbocycles. The highest BCUT2D eigenvalue weighted by Gasteiger charge is 2.08. The van der Waals surface area contributed by atoms with Crippen molar-refractivity contribution < 1.29 is 4.79 Å². The molecule has 0 bridgehead atoms. The van der Waals surface area contributed by atoms with Crippen LogP contribution in [0.3, 0.4) is 0 Å². The number of hydrogen-bond donors (Lipinski definition) is 1. The number of fused-ring (bicyclic) bond motifs is 1. The Morgan fingerprint density at radius 1 is 1.16 bits per heavy atom. The van der Waals surface area contributed by atoms with Crippen molar-refractivity contribution in [1.29, 1.82) is 0 Å². The van der Waals surface area contributed by atoms with Crippen LogP contribution in [0.1, 0.15) is 5.69 Å². The molecule has 0 saturated carbocycles. The molecule has 94 valence electrons. The minimum absolute atomic E-state index is 0.0993. The summed E-state index contributed by atoms with van der Waals surface area (Å²) in [6.07, 6.45) is 1.94. The van der Waals surface area contributed by atoms with Crippen LogP contribution in [0.25, 0.3) is 10.2 Å². The van der Waals surface area contributed by atoms with Gasteiger partial charge in [0.25, 0.3) is 0 Å². The molecule has 0 atom stereocenters. The van der Waals surface area contributed by atoms with E-state index in [1.165, 1.54) is 11.3 Å². The average molecular weight is 269 g/mol. The quantitative estimate of drug-likeness (QED) is 0.795. The maximum absolute atomic E-state index is 11.9. The van der Waals surface area contributed by atoms with E-state index in [1.807, 2.05) is 42.5 Å². The number of pyridine rings is 1. The van der Waals surface area contributed by atoms with E-state index in [0.29, 0.717) is 5.13 Å². The van der Waals surface area contributed by atoms with Gasteiger partial charge < -0.3 is 5.32 Å². The van der Waals surface area contributed by atoms with E-state index in [9.17, 15) is 4.79 Å². The van der Waals surface area contributed by atoms with Gasteiger partial charge in [0, 0.05) is 11.9 Å². The predicted octanol–water partition coefficient (Wildman–Crippen LogP) is 2.87. The van der Waals surface area contributed by atoms with Crippen LogP contribution in [-0.2, 0) is 11.2 Å². The second-order valence-corrected chi connectivity index (χ2v) is 5.06. The maximum atomic E-state index is 11.9. The SMILES string of the molecule is O=C(Cc1ccccn1)Nc1nc2ccccc2s1. The van der Waals surface area contributed by atoms with Crippen LogP contribution in [0, 0.1) is 0 Å². The molecule has 3 aromatic rings. The van der Waals surface area contributed by atoms with E-state index in [0.717, 1.165) is 15.9 Å². The molecule has 1 amide bonds. The lowest BCUT2D eigenvalue weighted by Crippen LogP contribution is -2.14. The first-order valence-electron chi connectivity index (χ1n) is 5.86. The van der Waals surface area contributed by atoms with Gasteiger partial charge in [0.15, 0.2) is 5.13 Å². The standard InChI is InChI=1S/C14H11N3OS/c18-13(9-10-5-3-4-8-15-10)17-14-16-11-6-1-2-7-12(11)19-14/h1-8H,9H2,(H,16,17,18). The third-order valence-corrected chi connectivity index (χ3v) is 3.56. The lowest BCUT2D eigenvalue weighted by Gasteiger charge is -2.00. The first kappa shape index (κ1) is 11.8. The van der Waals surface area contributed by atoms with Crippen molar-refractivity contribution in [3.8, 4) is 0 Å². The highest BCUT2D eigenvalue weighted by molar-refractivity contribution is 7.22. The third-order valence-electron chi connectivity index (χ3n) is 2.61. The minimum Gasteiger partial charge on any atom is -0.302 e. The van der Waals surface area contributed by atoms with Gasteiger partial charge in [-0.2, -0.15) is 0 Å². The molecule has 2 heterocycles. The number of nitrogens with zero attached hydrogens (tertiary/aromatic N) is 2. The monoisotopic (exact) mass is 269 g/mol. The zero-order chi connectivity index (χ0) is 13.1. The molecule has 0 aliphatic rings. The van der Waals surface area contributed by atoms with Crippen LogP contribution in [0.15, 0.2) is 48.7 Å². The second kappa shape index (κ2) is 5.16. The van der Waals surface area contributed by atoms with Crippen molar-refractivity contribution in [3.05, 3.63) is 54.4 Å². The van der Waals surface area contributed by atoms with Gasteiger partial charge in [0.1, 0.15) is 0 Å². The minimum atomic E-state index is -0.0993. The molecule has 19 heavy (non-hydrogen) atoms. The molecule has 3 rings (SSSR count). The molecule has 0 aliphatic carbocycles.